The van der Waals surface area contributed by atoms with Gasteiger partial charge in [-0.05, 0) is 111 Å². The van der Waals surface area contributed by atoms with Crippen LogP contribution in [0.25, 0.3) is 0 Å². The molecule has 1 spiro atoms. The molecule has 2 aromatic rings. The van der Waals surface area contributed by atoms with Crippen molar-refractivity contribution in [1.82, 2.24) is 55.6 Å². The average molecular weight is 1330 g/mol. The van der Waals surface area contributed by atoms with Crippen LogP contribution in [-0.4, -0.2) is 215 Å². The molecule has 3 aliphatic rings. The molecular weight excluding hydrogens is 1230 g/mol. The maximum absolute atomic E-state index is 15.2. The summed E-state index contributed by atoms with van der Waals surface area (Å²) in [6, 6.07) is 1.67. The standard InChI is InChI=1S/C67H99ClF3N11O11/c1-16-42(8)56-64(92)82-32-29-49(82)62(90)77(11)38-55(85)78(12)52(36-45-21-26-47(68)27-22-45)63(91)76(10)37-53(83)73-48(28-23-44-19-24-46(25-20-44)67(69,70)71)61(89)79(13)51(34-40(4)5)59(87)75-66(30-17-18-31-66)65(93)80(14)50(33-39(2)3)58(86)72-43(9)35-54(84)81(15)57(41(6)7)60(88)74-56/h19-22,24-27,39-43,48-52,56-57H,16-18,23,28-38H2,1-15H3,(H,72,86)(H,73,83)(H,74,88)(H,75,87)/t42-,43+,48-,49?,50-,51-,52-,56-,57-/m0/s1. The zero-order valence-corrected chi connectivity index (χ0v) is 57.5. The summed E-state index contributed by atoms with van der Waals surface area (Å²) in [6.07, 6.45) is -2.82. The Balaban J connectivity index is 1.59. The Morgan fingerprint density at radius 2 is 1.17 bits per heavy atom. The molecule has 1 saturated carbocycles. The number of hydrogen-bond acceptors (Lipinski definition) is 11. The first-order chi connectivity index (χ1) is 43.4. The molecule has 93 heavy (non-hydrogen) atoms. The molecule has 11 amide bonds. The highest BCUT2D eigenvalue weighted by Crippen LogP contribution is 2.34. The van der Waals surface area contributed by atoms with Crippen molar-refractivity contribution in [1.29, 1.82) is 0 Å². The quantitative estimate of drug-likeness (QED) is 0.207. The van der Waals surface area contributed by atoms with E-state index in [2.05, 4.69) is 21.3 Å². The van der Waals surface area contributed by atoms with E-state index >= 15 is 14.4 Å². The number of amides is 11. The Bertz CT molecular complexity index is 3000. The molecular formula is C67H99ClF3N11O11. The number of halogens is 4. The minimum absolute atomic E-state index is 0.0306. The zero-order chi connectivity index (χ0) is 69.7. The number of benzene rings is 2. The summed E-state index contributed by atoms with van der Waals surface area (Å²) >= 11 is 6.23. The Morgan fingerprint density at radius 3 is 1.70 bits per heavy atom. The number of nitrogens with zero attached hydrogens (tertiary/aromatic N) is 7. The molecule has 9 atom stereocenters. The summed E-state index contributed by atoms with van der Waals surface area (Å²) in [6.45, 7) is 15.1. The van der Waals surface area contributed by atoms with Crippen LogP contribution in [-0.2, 0) is 71.8 Å². The van der Waals surface area contributed by atoms with Crippen molar-refractivity contribution in [3.63, 3.8) is 0 Å². The molecule has 5 rings (SSSR count). The van der Waals surface area contributed by atoms with Gasteiger partial charge in [0.05, 0.1) is 18.7 Å². The summed E-state index contributed by atoms with van der Waals surface area (Å²) in [4.78, 5) is 169. The van der Waals surface area contributed by atoms with Gasteiger partial charge in [0, 0.05) is 72.7 Å². The first-order valence-corrected chi connectivity index (χ1v) is 32.8. The van der Waals surface area contributed by atoms with Crippen LogP contribution in [0.3, 0.4) is 0 Å². The van der Waals surface area contributed by atoms with Crippen molar-refractivity contribution < 1.29 is 65.9 Å². The van der Waals surface area contributed by atoms with E-state index in [4.69, 9.17) is 11.6 Å². The first-order valence-electron chi connectivity index (χ1n) is 32.4. The molecule has 516 valence electrons. The van der Waals surface area contributed by atoms with Gasteiger partial charge in [0.15, 0.2) is 0 Å². The molecule has 1 unspecified atom stereocenters. The van der Waals surface area contributed by atoms with Crippen molar-refractivity contribution in [3.05, 3.63) is 70.2 Å². The molecule has 0 aromatic heterocycles. The minimum atomic E-state index is -4.63. The second kappa shape index (κ2) is 33.2. The SMILES string of the molecule is CC[C@H](C)[C@@H]1NC(=O)[C@H](C(C)C)N(C)C(=O)C[C@@H](C)NC(=O)[C@H](CC(C)C)N(C)C(=O)C2(CCCC2)NC(=O)[C@H](CC(C)C)N(C)C(=O)[C@H](CCc2ccc(C(F)(F)F)cc2)NC(=O)CN(C)C(=O)[C@H](Cc2ccc(Cl)cc2)N(C)C(=O)CN(C)C(=O)C2CCN2C1=O. The van der Waals surface area contributed by atoms with Crippen LogP contribution in [0.15, 0.2) is 48.5 Å². The molecule has 0 bridgehead atoms. The Morgan fingerprint density at radius 1 is 0.613 bits per heavy atom. The lowest BCUT2D eigenvalue weighted by molar-refractivity contribution is -0.157. The summed E-state index contributed by atoms with van der Waals surface area (Å²) in [5.74, 6) is -8.36. The predicted octanol–water partition coefficient (Wildman–Crippen LogP) is 5.46. The molecule has 4 N–H and O–H groups in total. The molecule has 2 saturated heterocycles. The van der Waals surface area contributed by atoms with E-state index in [-0.39, 0.29) is 76.2 Å². The van der Waals surface area contributed by atoms with Crippen LogP contribution in [0.2, 0.25) is 5.02 Å². The van der Waals surface area contributed by atoms with Crippen LogP contribution in [0.5, 0.6) is 0 Å². The van der Waals surface area contributed by atoms with Crippen molar-refractivity contribution in [2.45, 2.75) is 199 Å². The number of nitrogens with one attached hydrogen (secondary N) is 4. The monoisotopic (exact) mass is 1330 g/mol. The molecule has 26 heteroatoms. The van der Waals surface area contributed by atoms with Crippen molar-refractivity contribution in [2.75, 3.05) is 61.9 Å². The summed E-state index contributed by atoms with van der Waals surface area (Å²) < 4.78 is 40.9. The van der Waals surface area contributed by atoms with Gasteiger partial charge < -0.3 is 55.6 Å². The molecule has 22 nitrogen and oxygen atoms in total. The van der Waals surface area contributed by atoms with Gasteiger partial charge in [0.1, 0.15) is 47.8 Å². The largest absolute Gasteiger partial charge is 0.416 e. The van der Waals surface area contributed by atoms with E-state index in [1.54, 1.807) is 52.0 Å². The first kappa shape index (κ1) is 76.4. The zero-order valence-electron chi connectivity index (χ0n) is 56.8. The molecule has 3 fully saturated rings. The van der Waals surface area contributed by atoms with Gasteiger partial charge in [-0.15, -0.1) is 0 Å². The fraction of sp³-hybridized carbons (Fsp3) is 0.657. The van der Waals surface area contributed by atoms with E-state index in [9.17, 15) is 51.5 Å². The number of carbonyl (C=O) groups is 11. The normalized spacial score (nSPS) is 25.4. The molecule has 1 aliphatic carbocycles. The Labute approximate surface area is 551 Å². The number of rotatable bonds is 12. The third-order valence-corrected chi connectivity index (χ3v) is 18.7. The number of alkyl halides is 3. The number of aryl methyl sites for hydroxylation is 1. The van der Waals surface area contributed by atoms with Gasteiger partial charge in [-0.3, -0.25) is 52.7 Å². The fourth-order valence-corrected chi connectivity index (χ4v) is 12.6. The Kier molecular flexibility index (Phi) is 27.3. The van der Waals surface area contributed by atoms with Crippen LogP contribution < -0.4 is 21.3 Å². The highest BCUT2D eigenvalue weighted by molar-refractivity contribution is 6.30. The van der Waals surface area contributed by atoms with E-state index in [1.165, 1.54) is 74.0 Å². The van der Waals surface area contributed by atoms with E-state index in [1.807, 2.05) is 34.6 Å². The summed E-state index contributed by atoms with van der Waals surface area (Å²) in [5, 5.41) is 12.0. The Hall–Kier alpha value is -7.31. The van der Waals surface area contributed by atoms with Crippen molar-refractivity contribution in [2.24, 2.45) is 23.7 Å². The maximum Gasteiger partial charge on any atom is 0.416 e. The molecule has 0 radical (unpaired) electrons. The van der Waals surface area contributed by atoms with Crippen LogP contribution in [0.1, 0.15) is 143 Å². The number of likely N-dealkylation sites (N-methyl/N-ethyl adjacent to an activating group) is 6. The van der Waals surface area contributed by atoms with E-state index in [0.717, 1.165) is 26.8 Å². The van der Waals surface area contributed by atoms with Gasteiger partial charge in [-0.25, -0.2) is 0 Å². The number of hydrogen-bond donors (Lipinski definition) is 4. The van der Waals surface area contributed by atoms with Gasteiger partial charge in [-0.2, -0.15) is 13.2 Å². The maximum atomic E-state index is 15.2. The van der Waals surface area contributed by atoms with Gasteiger partial charge in [0.2, 0.25) is 65.0 Å². The lowest BCUT2D eigenvalue weighted by Gasteiger charge is -2.44. The van der Waals surface area contributed by atoms with E-state index < -0.39 is 156 Å². The van der Waals surface area contributed by atoms with Crippen molar-refractivity contribution in [3.8, 4) is 0 Å². The van der Waals surface area contributed by atoms with E-state index in [0.29, 0.717) is 35.4 Å². The third kappa shape index (κ3) is 19.9. The fourth-order valence-electron chi connectivity index (χ4n) is 12.5. The van der Waals surface area contributed by atoms with Gasteiger partial charge >= 0.3 is 6.18 Å². The van der Waals surface area contributed by atoms with Gasteiger partial charge in [0.25, 0.3) is 0 Å². The van der Waals surface area contributed by atoms with Crippen LogP contribution >= 0.6 is 11.6 Å². The summed E-state index contributed by atoms with van der Waals surface area (Å²) in [5.41, 5.74) is -1.47. The van der Waals surface area contributed by atoms with Crippen LogP contribution in [0, 0.1) is 23.7 Å². The molecule has 2 heterocycles. The second-order valence-corrected chi connectivity index (χ2v) is 27.5. The number of carbonyl (C=O) groups excluding carboxylic acids is 11. The minimum Gasteiger partial charge on any atom is -0.351 e. The lowest BCUT2D eigenvalue weighted by Crippen LogP contribution is -2.65. The topological polar surface area (TPSA) is 259 Å². The third-order valence-electron chi connectivity index (χ3n) is 18.4. The van der Waals surface area contributed by atoms with Crippen LogP contribution in [0.4, 0.5) is 13.2 Å². The average Bonchev–Trinajstić information content (AvgIpc) is 1.82. The highest BCUT2D eigenvalue weighted by atomic mass is 35.5. The lowest BCUT2D eigenvalue weighted by atomic mass is 9.91. The van der Waals surface area contributed by atoms with Gasteiger partial charge in [-0.1, -0.05) is 111 Å². The molecule has 2 aromatic carbocycles. The molecule has 2 aliphatic heterocycles. The number of fused-ring (bicyclic) bond motifs is 1. The predicted molar refractivity (Wildman–Crippen MR) is 345 cm³/mol. The second-order valence-electron chi connectivity index (χ2n) is 27.0. The van der Waals surface area contributed by atoms with Crippen molar-refractivity contribution >= 4 is 76.6 Å². The highest BCUT2D eigenvalue weighted by Gasteiger charge is 2.49. The smallest absolute Gasteiger partial charge is 0.351 e. The summed E-state index contributed by atoms with van der Waals surface area (Å²) in [7, 11) is 8.40.